The Morgan fingerprint density at radius 2 is 1.76 bits per heavy atom. The number of benzene rings is 2. The maximum Gasteiger partial charge on any atom is 0.244 e. The van der Waals surface area contributed by atoms with Crippen molar-refractivity contribution in [2.45, 2.75) is 59.2 Å². The Morgan fingerprint density at radius 1 is 1.05 bits per heavy atom. The largest absolute Gasteiger partial charge is 0.454 e. The van der Waals surface area contributed by atoms with Gasteiger partial charge in [-0.2, -0.15) is 0 Å². The van der Waals surface area contributed by atoms with Crippen LogP contribution in [-0.2, 0) is 26.2 Å². The van der Waals surface area contributed by atoms with E-state index >= 15 is 0 Å². The fourth-order valence-electron chi connectivity index (χ4n) is 3.93. The first-order valence-electron chi connectivity index (χ1n) is 12.3. The Morgan fingerprint density at radius 3 is 2.41 bits per heavy atom. The average Bonchev–Trinajstić information content (AvgIpc) is 3.35. The van der Waals surface area contributed by atoms with Crippen molar-refractivity contribution in [2.75, 3.05) is 23.4 Å². The monoisotopic (exact) mass is 551 g/mol. The molecule has 0 spiro atoms. The van der Waals surface area contributed by atoms with Crippen LogP contribution in [0.1, 0.15) is 46.1 Å². The zero-order chi connectivity index (χ0) is 27.2. The van der Waals surface area contributed by atoms with Crippen LogP contribution in [0.5, 0.6) is 11.5 Å². The second kappa shape index (κ2) is 12.5. The summed E-state index contributed by atoms with van der Waals surface area (Å²) < 4.78 is 38.0. The number of anilines is 1. The normalized spacial score (nSPS) is 14.1. The molecule has 1 N–H and O–H groups in total. The van der Waals surface area contributed by atoms with Crippen LogP contribution >= 0.6 is 11.6 Å². The number of ether oxygens (including phenoxy) is 2. The van der Waals surface area contributed by atoms with Crippen molar-refractivity contribution in [3.05, 3.63) is 53.1 Å². The molecule has 2 aromatic rings. The Bertz CT molecular complexity index is 1220. The molecule has 0 saturated heterocycles. The van der Waals surface area contributed by atoms with Crippen molar-refractivity contribution < 1.29 is 27.5 Å². The standard InChI is InChI=1S/C26H34ClN3O6S/c1-5-18(4)28-26(32)22(6-2)29(15-19-10-8-9-11-21(19)27)25(31)16-30(37(33,34)7-3)20-12-13-23-24(14-20)36-17-35-23/h8-14,18,22H,5-7,15-17H2,1-4H3,(H,28,32)/t18-,22-/m1/s1. The molecule has 1 aliphatic rings. The maximum absolute atomic E-state index is 13.8. The minimum Gasteiger partial charge on any atom is -0.454 e. The van der Waals surface area contributed by atoms with Gasteiger partial charge in [0, 0.05) is 23.7 Å². The predicted molar refractivity (Wildman–Crippen MR) is 143 cm³/mol. The zero-order valence-electron chi connectivity index (χ0n) is 21.6. The molecule has 0 aliphatic carbocycles. The number of carbonyl (C=O) groups excluding carboxylic acids is 2. The highest BCUT2D eigenvalue weighted by molar-refractivity contribution is 7.92. The van der Waals surface area contributed by atoms with Gasteiger partial charge in [-0.15, -0.1) is 0 Å². The molecule has 0 aromatic heterocycles. The Labute approximate surface area is 223 Å². The van der Waals surface area contributed by atoms with E-state index in [9.17, 15) is 18.0 Å². The molecule has 0 fully saturated rings. The number of carbonyl (C=O) groups is 2. The van der Waals surface area contributed by atoms with Crippen molar-refractivity contribution in [3.63, 3.8) is 0 Å². The van der Waals surface area contributed by atoms with E-state index in [1.165, 1.54) is 17.9 Å². The molecule has 0 bridgehead atoms. The lowest BCUT2D eigenvalue weighted by molar-refractivity contribution is -0.140. The molecular weight excluding hydrogens is 518 g/mol. The van der Waals surface area contributed by atoms with Crippen LogP contribution in [0.2, 0.25) is 5.02 Å². The highest BCUT2D eigenvalue weighted by atomic mass is 35.5. The molecule has 11 heteroatoms. The second-order valence-electron chi connectivity index (χ2n) is 8.80. The van der Waals surface area contributed by atoms with Crippen LogP contribution in [0.15, 0.2) is 42.5 Å². The quantitative estimate of drug-likeness (QED) is 0.428. The summed E-state index contributed by atoms with van der Waals surface area (Å²) in [5.41, 5.74) is 0.925. The molecule has 202 valence electrons. The first kappa shape index (κ1) is 28.6. The SMILES string of the molecule is CC[C@@H](C)NC(=O)[C@@H](CC)N(Cc1ccccc1Cl)C(=O)CN(c1ccc2c(c1)OCO2)S(=O)(=O)CC. The van der Waals surface area contributed by atoms with Gasteiger partial charge in [0.1, 0.15) is 12.6 Å². The summed E-state index contributed by atoms with van der Waals surface area (Å²) in [6, 6.07) is 10.9. The number of halogens is 1. The molecule has 9 nitrogen and oxygen atoms in total. The van der Waals surface area contributed by atoms with E-state index in [0.29, 0.717) is 28.5 Å². The van der Waals surface area contributed by atoms with E-state index in [-0.39, 0.29) is 36.7 Å². The number of hydrogen-bond acceptors (Lipinski definition) is 6. The van der Waals surface area contributed by atoms with Gasteiger partial charge in [-0.05, 0) is 50.5 Å². The summed E-state index contributed by atoms with van der Waals surface area (Å²) in [6.45, 7) is 6.76. The van der Waals surface area contributed by atoms with Crippen LogP contribution < -0.4 is 19.1 Å². The van der Waals surface area contributed by atoms with E-state index in [0.717, 1.165) is 10.7 Å². The Balaban J connectivity index is 1.98. The molecule has 0 saturated carbocycles. The van der Waals surface area contributed by atoms with Crippen molar-refractivity contribution in [1.82, 2.24) is 10.2 Å². The smallest absolute Gasteiger partial charge is 0.244 e. The third kappa shape index (κ3) is 6.87. The molecule has 0 radical (unpaired) electrons. The molecule has 37 heavy (non-hydrogen) atoms. The summed E-state index contributed by atoms with van der Waals surface area (Å²) in [6.07, 6.45) is 1.07. The Kier molecular flexibility index (Phi) is 9.67. The highest BCUT2D eigenvalue weighted by Gasteiger charge is 2.33. The number of hydrogen-bond donors (Lipinski definition) is 1. The third-order valence-corrected chi connectivity index (χ3v) is 8.42. The molecular formula is C26H34ClN3O6S. The van der Waals surface area contributed by atoms with Crippen LogP contribution in [-0.4, -0.2) is 56.3 Å². The lowest BCUT2D eigenvalue weighted by Gasteiger charge is -2.33. The second-order valence-corrected chi connectivity index (χ2v) is 11.4. The van der Waals surface area contributed by atoms with Gasteiger partial charge in [-0.3, -0.25) is 13.9 Å². The number of amides is 2. The molecule has 2 atom stereocenters. The Hall–Kier alpha value is -2.98. The summed E-state index contributed by atoms with van der Waals surface area (Å²) in [5, 5.41) is 3.39. The number of nitrogens with zero attached hydrogens (tertiary/aromatic N) is 2. The maximum atomic E-state index is 13.8. The van der Waals surface area contributed by atoms with Crippen molar-refractivity contribution in [2.24, 2.45) is 0 Å². The van der Waals surface area contributed by atoms with E-state index in [2.05, 4.69) is 5.32 Å². The number of sulfonamides is 1. The van der Waals surface area contributed by atoms with Crippen molar-refractivity contribution in [1.29, 1.82) is 0 Å². The van der Waals surface area contributed by atoms with Crippen molar-refractivity contribution >= 4 is 39.1 Å². The molecule has 1 heterocycles. The predicted octanol–water partition coefficient (Wildman–Crippen LogP) is 3.95. The van der Waals surface area contributed by atoms with Crippen LogP contribution in [0.3, 0.4) is 0 Å². The van der Waals surface area contributed by atoms with Crippen molar-refractivity contribution in [3.8, 4) is 11.5 Å². The third-order valence-electron chi connectivity index (χ3n) is 6.31. The van der Waals surface area contributed by atoms with E-state index < -0.39 is 28.5 Å². The minimum atomic E-state index is -3.85. The van der Waals surface area contributed by atoms with Gasteiger partial charge in [0.05, 0.1) is 11.4 Å². The molecule has 2 aromatic carbocycles. The molecule has 1 aliphatic heterocycles. The average molecular weight is 552 g/mol. The number of rotatable bonds is 12. The first-order chi connectivity index (χ1) is 17.6. The van der Waals surface area contributed by atoms with E-state index in [1.54, 1.807) is 36.4 Å². The van der Waals surface area contributed by atoms with Gasteiger partial charge in [-0.25, -0.2) is 8.42 Å². The summed E-state index contributed by atoms with van der Waals surface area (Å²) in [5.74, 6) is -0.151. The zero-order valence-corrected chi connectivity index (χ0v) is 23.1. The van der Waals surface area contributed by atoms with Gasteiger partial charge in [0.2, 0.25) is 28.6 Å². The summed E-state index contributed by atoms with van der Waals surface area (Å²) in [7, 11) is -3.85. The highest BCUT2D eigenvalue weighted by Crippen LogP contribution is 2.36. The van der Waals surface area contributed by atoms with Gasteiger partial charge in [-0.1, -0.05) is 43.6 Å². The molecule has 0 unspecified atom stereocenters. The van der Waals surface area contributed by atoms with Gasteiger partial charge in [0.15, 0.2) is 11.5 Å². The number of fused-ring (bicyclic) bond motifs is 1. The van der Waals surface area contributed by atoms with E-state index in [4.69, 9.17) is 21.1 Å². The van der Waals surface area contributed by atoms with Gasteiger partial charge < -0.3 is 19.7 Å². The fourth-order valence-corrected chi connectivity index (χ4v) is 5.18. The molecule has 3 rings (SSSR count). The van der Waals surface area contributed by atoms with Gasteiger partial charge in [0.25, 0.3) is 0 Å². The lowest BCUT2D eigenvalue weighted by Crippen LogP contribution is -2.53. The number of nitrogens with one attached hydrogen (secondary N) is 1. The lowest BCUT2D eigenvalue weighted by atomic mass is 10.1. The minimum absolute atomic E-state index is 0.0351. The topological polar surface area (TPSA) is 105 Å². The summed E-state index contributed by atoms with van der Waals surface area (Å²) >= 11 is 6.39. The van der Waals surface area contributed by atoms with Crippen LogP contribution in [0.25, 0.3) is 0 Å². The van der Waals surface area contributed by atoms with E-state index in [1.807, 2.05) is 20.8 Å². The first-order valence-corrected chi connectivity index (χ1v) is 14.3. The van der Waals surface area contributed by atoms with Crippen LogP contribution in [0.4, 0.5) is 5.69 Å². The van der Waals surface area contributed by atoms with Gasteiger partial charge >= 0.3 is 0 Å². The molecule has 2 amide bonds. The summed E-state index contributed by atoms with van der Waals surface area (Å²) in [4.78, 5) is 28.4. The van der Waals surface area contributed by atoms with Crippen LogP contribution in [0, 0.1) is 0 Å². The fraction of sp³-hybridized carbons (Fsp3) is 0.462.